The summed E-state index contributed by atoms with van der Waals surface area (Å²) in [5.41, 5.74) is 6.36. The molecule has 3 nitrogen and oxygen atoms in total. The maximum absolute atomic E-state index is 11.2. The van der Waals surface area contributed by atoms with Crippen LogP contribution in [0.25, 0.3) is 0 Å². The largest absolute Gasteiger partial charge is 0.354 e. The molecule has 1 aromatic carbocycles. The highest BCUT2D eigenvalue weighted by Gasteiger charge is 2.06. The lowest BCUT2D eigenvalue weighted by atomic mass is 10.1. The summed E-state index contributed by atoms with van der Waals surface area (Å²) in [6.45, 7) is 2.16. The second-order valence-corrected chi connectivity index (χ2v) is 4.41. The van der Waals surface area contributed by atoms with Crippen molar-refractivity contribution < 1.29 is 4.79 Å². The number of carbonyl (C=O) groups excluding carboxylic acids is 1. The fraction of sp³-hybridized carbons (Fsp3) is 0.364. The minimum absolute atomic E-state index is 0.162. The summed E-state index contributed by atoms with van der Waals surface area (Å²) in [6.07, 6.45) is 0.661. The van der Waals surface area contributed by atoms with E-state index in [-0.39, 0.29) is 5.91 Å². The Morgan fingerprint density at radius 2 is 2.19 bits per heavy atom. The number of benzene rings is 1. The molecule has 0 spiro atoms. The van der Waals surface area contributed by atoms with Crippen LogP contribution in [0, 0.1) is 0 Å². The maximum atomic E-state index is 11.2. The van der Waals surface area contributed by atoms with E-state index in [9.17, 15) is 4.79 Å². The summed E-state index contributed by atoms with van der Waals surface area (Å²) < 4.78 is 0. The van der Waals surface area contributed by atoms with Gasteiger partial charge in [-0.05, 0) is 31.0 Å². The quantitative estimate of drug-likeness (QED) is 0.870. The number of hydrogen-bond acceptors (Lipinski definition) is 2. The molecule has 0 aliphatic rings. The summed E-state index contributed by atoms with van der Waals surface area (Å²) in [5.74, 6) is -0.162. The zero-order valence-electron chi connectivity index (χ0n) is 8.97. The molecule has 0 aromatic heterocycles. The third kappa shape index (κ3) is 4.00. The van der Waals surface area contributed by atoms with Crippen LogP contribution in [-0.2, 0) is 11.2 Å². The fourth-order valence-electron chi connectivity index (χ4n) is 1.21. The highest BCUT2D eigenvalue weighted by Crippen LogP contribution is 2.20. The first kappa shape index (κ1) is 13.3. The molecule has 0 saturated carbocycles. The molecule has 5 heteroatoms. The Morgan fingerprint density at radius 3 is 2.75 bits per heavy atom. The standard InChI is InChI=1S/C11H14Cl2N2O/c1-7(14)11(16)15-5-4-8-2-3-9(12)6-10(8)13/h2-3,6-7H,4-5,14H2,1H3,(H,15,16)/t7-/m1/s1. The maximum Gasteiger partial charge on any atom is 0.236 e. The molecule has 0 heterocycles. The topological polar surface area (TPSA) is 55.1 Å². The first-order valence-corrected chi connectivity index (χ1v) is 5.73. The number of nitrogens with two attached hydrogens (primary N) is 1. The monoisotopic (exact) mass is 260 g/mol. The molecule has 1 atom stereocenters. The Kier molecular flexibility index (Phi) is 5.06. The predicted octanol–water partition coefficient (Wildman–Crippen LogP) is 2.00. The molecule has 0 aliphatic carbocycles. The molecule has 1 amide bonds. The first-order chi connectivity index (χ1) is 7.50. The van der Waals surface area contributed by atoms with E-state index in [1.807, 2.05) is 6.07 Å². The predicted molar refractivity (Wildman–Crippen MR) is 66.8 cm³/mol. The third-order valence-corrected chi connectivity index (χ3v) is 2.71. The first-order valence-electron chi connectivity index (χ1n) is 4.98. The zero-order chi connectivity index (χ0) is 12.1. The summed E-state index contributed by atoms with van der Waals surface area (Å²) in [5, 5.41) is 3.94. The second-order valence-electron chi connectivity index (χ2n) is 3.57. The lowest BCUT2D eigenvalue weighted by molar-refractivity contribution is -0.121. The number of nitrogens with one attached hydrogen (secondary N) is 1. The Hall–Kier alpha value is -0.770. The average Bonchev–Trinajstić information content (AvgIpc) is 2.20. The van der Waals surface area contributed by atoms with E-state index in [1.165, 1.54) is 0 Å². The lowest BCUT2D eigenvalue weighted by Crippen LogP contribution is -2.39. The molecule has 0 bridgehead atoms. The van der Waals surface area contributed by atoms with Crippen LogP contribution in [0.2, 0.25) is 10.0 Å². The van der Waals surface area contributed by atoms with Gasteiger partial charge >= 0.3 is 0 Å². The van der Waals surface area contributed by atoms with Crippen molar-refractivity contribution in [1.29, 1.82) is 0 Å². The van der Waals surface area contributed by atoms with Gasteiger partial charge in [0, 0.05) is 16.6 Å². The van der Waals surface area contributed by atoms with E-state index in [0.717, 1.165) is 5.56 Å². The smallest absolute Gasteiger partial charge is 0.236 e. The molecule has 0 radical (unpaired) electrons. The van der Waals surface area contributed by atoms with Gasteiger partial charge in [0.05, 0.1) is 6.04 Å². The van der Waals surface area contributed by atoms with E-state index in [1.54, 1.807) is 19.1 Å². The fourth-order valence-corrected chi connectivity index (χ4v) is 1.71. The van der Waals surface area contributed by atoms with Crippen molar-refractivity contribution in [3.05, 3.63) is 33.8 Å². The van der Waals surface area contributed by atoms with Crippen molar-refractivity contribution in [2.75, 3.05) is 6.54 Å². The molecule has 0 saturated heterocycles. The van der Waals surface area contributed by atoms with Crippen molar-refractivity contribution in [1.82, 2.24) is 5.32 Å². The second kappa shape index (κ2) is 6.09. The number of amides is 1. The molecular weight excluding hydrogens is 247 g/mol. The minimum atomic E-state index is -0.485. The van der Waals surface area contributed by atoms with Crippen molar-refractivity contribution >= 4 is 29.1 Å². The molecule has 0 fully saturated rings. The van der Waals surface area contributed by atoms with Crippen molar-refractivity contribution in [3.8, 4) is 0 Å². The molecule has 0 aliphatic heterocycles. The summed E-state index contributed by atoms with van der Waals surface area (Å²) in [7, 11) is 0. The van der Waals surface area contributed by atoms with Gasteiger partial charge < -0.3 is 11.1 Å². The zero-order valence-corrected chi connectivity index (χ0v) is 10.5. The van der Waals surface area contributed by atoms with Crippen molar-refractivity contribution in [3.63, 3.8) is 0 Å². The van der Waals surface area contributed by atoms with Crippen LogP contribution in [0.5, 0.6) is 0 Å². The minimum Gasteiger partial charge on any atom is -0.354 e. The van der Waals surface area contributed by atoms with Gasteiger partial charge in [-0.25, -0.2) is 0 Å². The molecule has 1 rings (SSSR count). The van der Waals surface area contributed by atoms with Gasteiger partial charge in [0.15, 0.2) is 0 Å². The highest BCUT2D eigenvalue weighted by molar-refractivity contribution is 6.35. The van der Waals surface area contributed by atoms with E-state index < -0.39 is 6.04 Å². The van der Waals surface area contributed by atoms with Gasteiger partial charge in [-0.15, -0.1) is 0 Å². The molecule has 1 aromatic rings. The molecule has 3 N–H and O–H groups in total. The summed E-state index contributed by atoms with van der Waals surface area (Å²) in [4.78, 5) is 11.2. The van der Waals surface area contributed by atoms with Gasteiger partial charge in [-0.2, -0.15) is 0 Å². The number of hydrogen-bond donors (Lipinski definition) is 2. The summed E-state index contributed by atoms with van der Waals surface area (Å²) >= 11 is 11.8. The van der Waals surface area contributed by atoms with Crippen LogP contribution in [-0.4, -0.2) is 18.5 Å². The lowest BCUT2D eigenvalue weighted by Gasteiger charge is -2.08. The Bertz CT molecular complexity index is 380. The van der Waals surface area contributed by atoms with E-state index >= 15 is 0 Å². The Labute approximate surface area is 105 Å². The highest BCUT2D eigenvalue weighted by atomic mass is 35.5. The summed E-state index contributed by atoms with van der Waals surface area (Å²) in [6, 6.07) is 4.82. The third-order valence-electron chi connectivity index (χ3n) is 2.12. The number of halogens is 2. The average molecular weight is 261 g/mol. The molecular formula is C11H14Cl2N2O. The van der Waals surface area contributed by atoms with Gasteiger partial charge in [-0.1, -0.05) is 29.3 Å². The van der Waals surface area contributed by atoms with Gasteiger partial charge in [0.25, 0.3) is 0 Å². The van der Waals surface area contributed by atoms with Crippen LogP contribution in [0.15, 0.2) is 18.2 Å². The van der Waals surface area contributed by atoms with Gasteiger partial charge in [0.2, 0.25) is 5.91 Å². The van der Waals surface area contributed by atoms with Gasteiger partial charge in [0.1, 0.15) is 0 Å². The van der Waals surface area contributed by atoms with Crippen LogP contribution >= 0.6 is 23.2 Å². The van der Waals surface area contributed by atoms with E-state index in [0.29, 0.717) is 23.0 Å². The number of rotatable bonds is 4. The number of carbonyl (C=O) groups is 1. The van der Waals surface area contributed by atoms with Crippen LogP contribution in [0.1, 0.15) is 12.5 Å². The van der Waals surface area contributed by atoms with Crippen LogP contribution < -0.4 is 11.1 Å². The van der Waals surface area contributed by atoms with Crippen LogP contribution in [0.3, 0.4) is 0 Å². The van der Waals surface area contributed by atoms with E-state index in [4.69, 9.17) is 28.9 Å². The van der Waals surface area contributed by atoms with E-state index in [2.05, 4.69) is 5.32 Å². The SMILES string of the molecule is C[C@@H](N)C(=O)NCCc1ccc(Cl)cc1Cl. The Morgan fingerprint density at radius 1 is 1.50 bits per heavy atom. The Balaban J connectivity index is 2.46. The van der Waals surface area contributed by atoms with Crippen molar-refractivity contribution in [2.24, 2.45) is 5.73 Å². The molecule has 88 valence electrons. The normalized spacial score (nSPS) is 12.2. The van der Waals surface area contributed by atoms with Gasteiger partial charge in [-0.3, -0.25) is 4.79 Å². The van der Waals surface area contributed by atoms with Crippen LogP contribution in [0.4, 0.5) is 0 Å². The van der Waals surface area contributed by atoms with Crippen molar-refractivity contribution in [2.45, 2.75) is 19.4 Å². The molecule has 16 heavy (non-hydrogen) atoms. The molecule has 0 unspecified atom stereocenters.